The highest BCUT2D eigenvalue weighted by atomic mass is 32.2. The molecule has 5 nitrogen and oxygen atoms in total. The third kappa shape index (κ3) is 3.07. The standard InChI is InChI=1S/C14H18N2O3S/c1-8(13(17)19-4)9(2)20-14-15-11-6-5-10(18-3)7-12(11)16-14/h5-9H,1-4H3,(H,15,16). The number of benzene rings is 1. The van der Waals surface area contributed by atoms with Gasteiger partial charge in [0.25, 0.3) is 0 Å². The van der Waals surface area contributed by atoms with Gasteiger partial charge in [0.1, 0.15) is 5.75 Å². The van der Waals surface area contributed by atoms with E-state index in [9.17, 15) is 4.79 Å². The number of esters is 1. The number of hydrogen-bond acceptors (Lipinski definition) is 5. The summed E-state index contributed by atoms with van der Waals surface area (Å²) in [6.07, 6.45) is 0. The molecular weight excluding hydrogens is 276 g/mol. The molecule has 0 saturated heterocycles. The van der Waals surface area contributed by atoms with Crippen LogP contribution in [0.1, 0.15) is 13.8 Å². The van der Waals surface area contributed by atoms with Gasteiger partial charge in [-0.25, -0.2) is 4.98 Å². The largest absolute Gasteiger partial charge is 0.497 e. The Hall–Kier alpha value is -1.69. The maximum atomic E-state index is 11.5. The number of methoxy groups -OCH3 is 2. The Morgan fingerprint density at radius 2 is 2.10 bits per heavy atom. The monoisotopic (exact) mass is 294 g/mol. The van der Waals surface area contributed by atoms with E-state index in [1.165, 1.54) is 18.9 Å². The zero-order chi connectivity index (χ0) is 14.7. The van der Waals surface area contributed by atoms with Gasteiger partial charge in [0, 0.05) is 11.3 Å². The first-order valence-electron chi connectivity index (χ1n) is 6.33. The molecule has 0 fully saturated rings. The summed E-state index contributed by atoms with van der Waals surface area (Å²) in [6, 6.07) is 5.68. The topological polar surface area (TPSA) is 64.2 Å². The number of carbonyl (C=O) groups excluding carboxylic acids is 1. The van der Waals surface area contributed by atoms with Gasteiger partial charge in [0.2, 0.25) is 0 Å². The Bertz CT molecular complexity index is 611. The highest BCUT2D eigenvalue weighted by Gasteiger charge is 2.22. The molecule has 0 aliphatic rings. The number of nitrogens with one attached hydrogen (secondary N) is 1. The predicted octanol–water partition coefficient (Wildman–Crippen LogP) is 2.86. The molecule has 0 radical (unpaired) electrons. The Morgan fingerprint density at radius 1 is 1.35 bits per heavy atom. The number of H-pyrrole nitrogens is 1. The predicted molar refractivity (Wildman–Crippen MR) is 79.1 cm³/mol. The highest BCUT2D eigenvalue weighted by Crippen LogP contribution is 2.29. The number of imidazole rings is 1. The molecule has 20 heavy (non-hydrogen) atoms. The number of nitrogens with zero attached hydrogens (tertiary/aromatic N) is 1. The Balaban J connectivity index is 2.15. The first-order valence-corrected chi connectivity index (χ1v) is 7.21. The molecule has 1 aromatic carbocycles. The molecule has 0 saturated carbocycles. The minimum absolute atomic E-state index is 0.0740. The van der Waals surface area contributed by atoms with Crippen molar-refractivity contribution in [3.8, 4) is 5.75 Å². The number of hydrogen-bond donors (Lipinski definition) is 1. The maximum Gasteiger partial charge on any atom is 0.309 e. The van der Waals surface area contributed by atoms with E-state index in [1.807, 2.05) is 32.0 Å². The summed E-state index contributed by atoms with van der Waals surface area (Å²) in [7, 11) is 3.04. The number of thioether (sulfide) groups is 1. The molecule has 1 N–H and O–H groups in total. The number of fused-ring (bicyclic) bond motifs is 1. The molecule has 0 aliphatic heterocycles. The number of aromatic amines is 1. The van der Waals surface area contributed by atoms with Crippen LogP contribution in [0, 0.1) is 5.92 Å². The third-order valence-electron chi connectivity index (χ3n) is 3.24. The SMILES string of the molecule is COC(=O)C(C)C(C)Sc1nc2ccc(OC)cc2[nH]1. The first kappa shape index (κ1) is 14.7. The molecule has 1 heterocycles. The molecule has 6 heteroatoms. The van der Waals surface area contributed by atoms with E-state index < -0.39 is 0 Å². The molecule has 2 rings (SSSR count). The summed E-state index contributed by atoms with van der Waals surface area (Å²) in [4.78, 5) is 19.2. The lowest BCUT2D eigenvalue weighted by atomic mass is 10.1. The average molecular weight is 294 g/mol. The third-order valence-corrected chi connectivity index (χ3v) is 4.44. The van der Waals surface area contributed by atoms with Gasteiger partial charge in [-0.15, -0.1) is 0 Å². The molecule has 0 bridgehead atoms. The minimum Gasteiger partial charge on any atom is -0.497 e. The van der Waals surface area contributed by atoms with Crippen LogP contribution < -0.4 is 4.74 Å². The lowest BCUT2D eigenvalue weighted by Crippen LogP contribution is -2.22. The van der Waals surface area contributed by atoms with Gasteiger partial charge in [0.15, 0.2) is 5.16 Å². The number of carbonyl (C=O) groups is 1. The van der Waals surface area contributed by atoms with E-state index in [-0.39, 0.29) is 17.1 Å². The smallest absolute Gasteiger partial charge is 0.309 e. The van der Waals surface area contributed by atoms with Gasteiger partial charge in [-0.05, 0) is 12.1 Å². The van der Waals surface area contributed by atoms with Gasteiger partial charge in [0.05, 0.1) is 31.2 Å². The lowest BCUT2D eigenvalue weighted by Gasteiger charge is -2.15. The molecule has 0 spiro atoms. The van der Waals surface area contributed by atoms with Crippen LogP contribution in [-0.2, 0) is 9.53 Å². The molecule has 0 amide bonds. The van der Waals surface area contributed by atoms with Crippen molar-refractivity contribution in [3.63, 3.8) is 0 Å². The summed E-state index contributed by atoms with van der Waals surface area (Å²) in [5.74, 6) is 0.393. The van der Waals surface area contributed by atoms with Crippen molar-refractivity contribution in [3.05, 3.63) is 18.2 Å². The van der Waals surface area contributed by atoms with Crippen LogP contribution in [0.25, 0.3) is 11.0 Å². The van der Waals surface area contributed by atoms with Crippen LogP contribution in [0.4, 0.5) is 0 Å². The van der Waals surface area contributed by atoms with Crippen LogP contribution in [0.3, 0.4) is 0 Å². The van der Waals surface area contributed by atoms with Crippen molar-refractivity contribution in [1.82, 2.24) is 9.97 Å². The van der Waals surface area contributed by atoms with E-state index in [1.54, 1.807) is 7.11 Å². The molecule has 2 unspecified atom stereocenters. The quantitative estimate of drug-likeness (QED) is 0.678. The summed E-state index contributed by atoms with van der Waals surface area (Å²) >= 11 is 1.53. The zero-order valence-corrected chi connectivity index (χ0v) is 12.8. The summed E-state index contributed by atoms with van der Waals surface area (Å²) in [5.41, 5.74) is 1.80. The molecule has 1 aromatic heterocycles. The van der Waals surface area contributed by atoms with Crippen LogP contribution in [0.5, 0.6) is 5.75 Å². The fourth-order valence-corrected chi connectivity index (χ4v) is 2.79. The first-order chi connectivity index (χ1) is 9.55. The van der Waals surface area contributed by atoms with E-state index >= 15 is 0 Å². The number of aromatic nitrogens is 2. The van der Waals surface area contributed by atoms with Crippen LogP contribution in [0.2, 0.25) is 0 Å². The van der Waals surface area contributed by atoms with Crippen molar-refractivity contribution in [2.24, 2.45) is 5.92 Å². The normalized spacial score (nSPS) is 14.0. The van der Waals surface area contributed by atoms with E-state index in [2.05, 4.69) is 9.97 Å². The zero-order valence-electron chi connectivity index (χ0n) is 12.0. The van der Waals surface area contributed by atoms with Crippen LogP contribution in [-0.4, -0.2) is 35.4 Å². The van der Waals surface area contributed by atoms with Crippen molar-refractivity contribution in [1.29, 1.82) is 0 Å². The molecule has 2 atom stereocenters. The second-order valence-corrected chi connectivity index (χ2v) is 5.93. The fourth-order valence-electron chi connectivity index (χ4n) is 1.80. The van der Waals surface area contributed by atoms with Crippen molar-refractivity contribution in [2.45, 2.75) is 24.3 Å². The van der Waals surface area contributed by atoms with Gasteiger partial charge in [-0.2, -0.15) is 0 Å². The Morgan fingerprint density at radius 3 is 2.75 bits per heavy atom. The van der Waals surface area contributed by atoms with Gasteiger partial charge < -0.3 is 14.5 Å². The van der Waals surface area contributed by atoms with Crippen LogP contribution in [0.15, 0.2) is 23.4 Å². The van der Waals surface area contributed by atoms with E-state index in [0.717, 1.165) is 21.9 Å². The van der Waals surface area contributed by atoms with Crippen LogP contribution >= 0.6 is 11.8 Å². The average Bonchev–Trinajstić information content (AvgIpc) is 2.86. The van der Waals surface area contributed by atoms with E-state index in [0.29, 0.717) is 0 Å². The number of rotatable bonds is 5. The second-order valence-electron chi connectivity index (χ2n) is 4.56. The van der Waals surface area contributed by atoms with E-state index in [4.69, 9.17) is 9.47 Å². The Kier molecular flexibility index (Phi) is 4.54. The van der Waals surface area contributed by atoms with Gasteiger partial charge in [-0.1, -0.05) is 25.6 Å². The molecule has 0 aliphatic carbocycles. The summed E-state index contributed by atoms with van der Waals surface area (Å²) in [5, 5.41) is 0.862. The maximum absolute atomic E-state index is 11.5. The molecule has 108 valence electrons. The minimum atomic E-state index is -0.206. The highest BCUT2D eigenvalue weighted by molar-refractivity contribution is 7.99. The van der Waals surface area contributed by atoms with Gasteiger partial charge in [-0.3, -0.25) is 4.79 Å². The van der Waals surface area contributed by atoms with Crippen molar-refractivity contribution in [2.75, 3.05) is 14.2 Å². The second kappa shape index (κ2) is 6.17. The number of ether oxygens (including phenoxy) is 2. The lowest BCUT2D eigenvalue weighted by molar-refractivity contribution is -0.144. The molecular formula is C14H18N2O3S. The summed E-state index contributed by atoms with van der Waals surface area (Å²) < 4.78 is 9.94. The Labute approximate surface area is 122 Å². The molecule has 2 aromatic rings. The van der Waals surface area contributed by atoms with Gasteiger partial charge >= 0.3 is 5.97 Å². The summed E-state index contributed by atoms with van der Waals surface area (Å²) in [6.45, 7) is 3.84. The van der Waals surface area contributed by atoms with Crippen molar-refractivity contribution < 1.29 is 14.3 Å². The fraction of sp³-hybridized carbons (Fsp3) is 0.429. The van der Waals surface area contributed by atoms with Crippen molar-refractivity contribution >= 4 is 28.8 Å².